The lowest BCUT2D eigenvalue weighted by Gasteiger charge is -2.35. The predicted molar refractivity (Wildman–Crippen MR) is 84.1 cm³/mol. The maximum Gasteiger partial charge on any atom is 0.0992 e. The second-order valence-electron chi connectivity index (χ2n) is 5.51. The smallest absolute Gasteiger partial charge is 0.0992 e. The van der Waals surface area contributed by atoms with Crippen molar-refractivity contribution in [2.24, 2.45) is 5.92 Å². The van der Waals surface area contributed by atoms with Gasteiger partial charge in [-0.25, -0.2) is 0 Å². The molecule has 0 aromatic heterocycles. The summed E-state index contributed by atoms with van der Waals surface area (Å²) in [6.07, 6.45) is 2.46. The van der Waals surface area contributed by atoms with Gasteiger partial charge in [-0.1, -0.05) is 18.5 Å². The van der Waals surface area contributed by atoms with E-state index in [9.17, 15) is 0 Å². The topological polar surface area (TPSA) is 39.1 Å². The molecule has 1 fully saturated rings. The van der Waals surface area contributed by atoms with E-state index < -0.39 is 0 Å². The molecule has 0 saturated carbocycles. The van der Waals surface area contributed by atoms with Gasteiger partial charge >= 0.3 is 0 Å². The van der Waals surface area contributed by atoms with E-state index in [1.54, 1.807) is 12.1 Å². The van der Waals surface area contributed by atoms with Gasteiger partial charge < -0.3 is 10.2 Å². The van der Waals surface area contributed by atoms with E-state index in [2.05, 4.69) is 30.1 Å². The third-order valence-corrected chi connectivity index (χ3v) is 4.58. The maximum absolute atomic E-state index is 8.85. The Kier molecular flexibility index (Phi) is 5.28. The highest BCUT2D eigenvalue weighted by molar-refractivity contribution is 6.33. The standard InChI is InChI=1S/C16H22ClN3/c1-3-20-8-6-14(7-9-20)12(2)19-16-5-4-13(11-18)10-15(16)17/h4-5,10,12,14,19H,3,6-9H2,1-2H3. The molecule has 1 aromatic carbocycles. The summed E-state index contributed by atoms with van der Waals surface area (Å²) in [6.45, 7) is 7.97. The van der Waals surface area contributed by atoms with Crippen molar-refractivity contribution in [3.8, 4) is 6.07 Å². The van der Waals surface area contributed by atoms with Crippen LogP contribution in [-0.4, -0.2) is 30.6 Å². The average molecular weight is 292 g/mol. The van der Waals surface area contributed by atoms with Gasteiger partial charge in [0, 0.05) is 6.04 Å². The van der Waals surface area contributed by atoms with Crippen molar-refractivity contribution in [2.75, 3.05) is 25.0 Å². The molecule has 1 heterocycles. The Morgan fingerprint density at radius 3 is 2.70 bits per heavy atom. The number of benzene rings is 1. The van der Waals surface area contributed by atoms with Crippen molar-refractivity contribution in [1.82, 2.24) is 4.90 Å². The van der Waals surface area contributed by atoms with Crippen molar-refractivity contribution in [2.45, 2.75) is 32.7 Å². The van der Waals surface area contributed by atoms with E-state index in [0.29, 0.717) is 22.5 Å². The zero-order chi connectivity index (χ0) is 14.5. The van der Waals surface area contributed by atoms with Crippen molar-refractivity contribution in [1.29, 1.82) is 5.26 Å². The fraction of sp³-hybridized carbons (Fsp3) is 0.562. The molecule has 1 saturated heterocycles. The average Bonchev–Trinajstić information content (AvgIpc) is 2.49. The monoisotopic (exact) mass is 291 g/mol. The van der Waals surface area contributed by atoms with Crippen LogP contribution < -0.4 is 5.32 Å². The molecule has 1 unspecified atom stereocenters. The Morgan fingerprint density at radius 2 is 2.15 bits per heavy atom. The molecule has 1 atom stereocenters. The molecular weight excluding hydrogens is 270 g/mol. The van der Waals surface area contributed by atoms with Crippen LogP contribution in [0, 0.1) is 17.2 Å². The van der Waals surface area contributed by atoms with E-state index >= 15 is 0 Å². The number of hydrogen-bond acceptors (Lipinski definition) is 3. The van der Waals surface area contributed by atoms with Gasteiger partial charge in [-0.05, 0) is 63.5 Å². The molecule has 0 bridgehead atoms. The Morgan fingerprint density at radius 1 is 1.45 bits per heavy atom. The lowest BCUT2D eigenvalue weighted by atomic mass is 9.90. The summed E-state index contributed by atoms with van der Waals surface area (Å²) in [5.41, 5.74) is 1.53. The number of nitriles is 1. The molecule has 0 aliphatic carbocycles. The first-order chi connectivity index (χ1) is 9.63. The van der Waals surface area contributed by atoms with Gasteiger partial charge in [-0.3, -0.25) is 0 Å². The van der Waals surface area contributed by atoms with Gasteiger partial charge in [0.1, 0.15) is 0 Å². The van der Waals surface area contributed by atoms with Crippen LogP contribution in [-0.2, 0) is 0 Å². The summed E-state index contributed by atoms with van der Waals surface area (Å²) in [6, 6.07) is 7.93. The zero-order valence-electron chi connectivity index (χ0n) is 12.2. The van der Waals surface area contributed by atoms with Gasteiger partial charge in [-0.2, -0.15) is 5.26 Å². The molecule has 0 spiro atoms. The molecular formula is C16H22ClN3. The number of nitrogens with zero attached hydrogens (tertiary/aromatic N) is 2. The van der Waals surface area contributed by atoms with Crippen molar-refractivity contribution in [3.63, 3.8) is 0 Å². The third kappa shape index (κ3) is 3.65. The zero-order valence-corrected chi connectivity index (χ0v) is 13.0. The predicted octanol–water partition coefficient (Wildman–Crippen LogP) is 3.74. The normalized spacial score (nSPS) is 18.5. The Hall–Kier alpha value is -1.24. The minimum absolute atomic E-state index is 0.402. The highest BCUT2D eigenvalue weighted by Crippen LogP contribution is 2.27. The number of hydrogen-bond donors (Lipinski definition) is 1. The summed E-state index contributed by atoms with van der Waals surface area (Å²) < 4.78 is 0. The highest BCUT2D eigenvalue weighted by Gasteiger charge is 2.23. The SMILES string of the molecule is CCN1CCC(C(C)Nc2ccc(C#N)cc2Cl)CC1. The number of rotatable bonds is 4. The summed E-state index contributed by atoms with van der Waals surface area (Å²) in [4.78, 5) is 2.50. The van der Waals surface area contributed by atoms with E-state index in [1.807, 2.05) is 6.07 Å². The Balaban J connectivity index is 1.95. The van der Waals surface area contributed by atoms with Crippen LogP contribution in [0.5, 0.6) is 0 Å². The van der Waals surface area contributed by atoms with Gasteiger partial charge in [0.2, 0.25) is 0 Å². The van der Waals surface area contributed by atoms with Crippen LogP contribution >= 0.6 is 11.6 Å². The van der Waals surface area contributed by atoms with Gasteiger partial charge in [0.25, 0.3) is 0 Å². The lowest BCUT2D eigenvalue weighted by Crippen LogP contribution is -2.39. The molecule has 1 N–H and O–H groups in total. The molecule has 1 aromatic rings. The first-order valence-electron chi connectivity index (χ1n) is 7.32. The number of halogens is 1. The molecule has 2 rings (SSSR count). The van der Waals surface area contributed by atoms with E-state index in [-0.39, 0.29) is 0 Å². The summed E-state index contributed by atoms with van der Waals surface area (Å²) in [5, 5.41) is 13.0. The number of piperidine rings is 1. The van der Waals surface area contributed by atoms with Gasteiger partial charge in [-0.15, -0.1) is 0 Å². The molecule has 108 valence electrons. The number of anilines is 1. The fourth-order valence-corrected chi connectivity index (χ4v) is 3.07. The Bertz CT molecular complexity index is 487. The molecule has 4 heteroatoms. The first kappa shape index (κ1) is 15.2. The third-order valence-electron chi connectivity index (χ3n) is 4.27. The summed E-state index contributed by atoms with van der Waals surface area (Å²) in [5.74, 6) is 0.685. The van der Waals surface area contributed by atoms with Crippen molar-refractivity contribution >= 4 is 17.3 Å². The van der Waals surface area contributed by atoms with Crippen LogP contribution in [0.1, 0.15) is 32.3 Å². The lowest BCUT2D eigenvalue weighted by molar-refractivity contribution is 0.183. The van der Waals surface area contributed by atoms with E-state index in [0.717, 1.165) is 12.2 Å². The second-order valence-corrected chi connectivity index (χ2v) is 5.92. The largest absolute Gasteiger partial charge is 0.381 e. The molecule has 3 nitrogen and oxygen atoms in total. The van der Waals surface area contributed by atoms with Gasteiger partial charge in [0.05, 0.1) is 22.3 Å². The number of likely N-dealkylation sites (tertiary alicyclic amines) is 1. The quantitative estimate of drug-likeness (QED) is 0.918. The second kappa shape index (κ2) is 6.97. The molecule has 1 aliphatic rings. The summed E-state index contributed by atoms with van der Waals surface area (Å²) >= 11 is 6.21. The van der Waals surface area contributed by atoms with Gasteiger partial charge in [0.15, 0.2) is 0 Å². The molecule has 1 aliphatic heterocycles. The Labute approximate surface area is 126 Å². The molecule has 20 heavy (non-hydrogen) atoms. The summed E-state index contributed by atoms with van der Waals surface area (Å²) in [7, 11) is 0. The maximum atomic E-state index is 8.85. The van der Waals surface area contributed by atoms with Crippen LogP contribution in [0.2, 0.25) is 5.02 Å². The van der Waals surface area contributed by atoms with Crippen molar-refractivity contribution < 1.29 is 0 Å². The minimum atomic E-state index is 0.402. The van der Waals surface area contributed by atoms with E-state index in [1.165, 1.54) is 25.9 Å². The molecule has 0 amide bonds. The minimum Gasteiger partial charge on any atom is -0.381 e. The van der Waals surface area contributed by atoms with E-state index in [4.69, 9.17) is 16.9 Å². The van der Waals surface area contributed by atoms with Crippen LogP contribution in [0.15, 0.2) is 18.2 Å². The van der Waals surface area contributed by atoms with Crippen LogP contribution in [0.4, 0.5) is 5.69 Å². The fourth-order valence-electron chi connectivity index (χ4n) is 2.83. The number of nitrogens with one attached hydrogen (secondary N) is 1. The first-order valence-corrected chi connectivity index (χ1v) is 7.70. The van der Waals surface area contributed by atoms with Crippen LogP contribution in [0.25, 0.3) is 0 Å². The van der Waals surface area contributed by atoms with Crippen LogP contribution in [0.3, 0.4) is 0 Å². The highest BCUT2D eigenvalue weighted by atomic mass is 35.5. The molecule has 0 radical (unpaired) electrons. The van der Waals surface area contributed by atoms with Crippen molar-refractivity contribution in [3.05, 3.63) is 28.8 Å².